The van der Waals surface area contributed by atoms with E-state index in [1.54, 1.807) is 6.08 Å². The van der Waals surface area contributed by atoms with Crippen molar-refractivity contribution in [1.29, 1.82) is 0 Å². The summed E-state index contributed by atoms with van der Waals surface area (Å²) >= 11 is 0. The minimum absolute atomic E-state index is 0.0492. The molecule has 0 amide bonds. The summed E-state index contributed by atoms with van der Waals surface area (Å²) in [7, 11) is 0. The minimum Gasteiger partial charge on any atom is -0.379 e. The van der Waals surface area contributed by atoms with Gasteiger partial charge in [-0.15, -0.1) is 0 Å². The third-order valence-corrected chi connectivity index (χ3v) is 5.76. The number of carbonyl (C=O) groups is 1. The summed E-state index contributed by atoms with van der Waals surface area (Å²) in [5.41, 5.74) is 5.44. The molecule has 0 saturated carbocycles. The molecule has 4 rings (SSSR count). The van der Waals surface area contributed by atoms with Crippen LogP contribution in [0, 0.1) is 0 Å². The summed E-state index contributed by atoms with van der Waals surface area (Å²) in [6.07, 6.45) is 6.70. The van der Waals surface area contributed by atoms with Gasteiger partial charge in [0, 0.05) is 35.0 Å². The van der Waals surface area contributed by atoms with Crippen molar-refractivity contribution in [2.24, 2.45) is 0 Å². The lowest BCUT2D eigenvalue weighted by atomic mass is 9.84. The number of hydrogen-bond acceptors (Lipinski definition) is 3. The van der Waals surface area contributed by atoms with E-state index in [1.807, 2.05) is 30.3 Å². The molecule has 146 valence electrons. The minimum atomic E-state index is -0.0653. The zero-order valence-electron chi connectivity index (χ0n) is 17.0. The zero-order valence-corrected chi connectivity index (χ0v) is 17.0. The van der Waals surface area contributed by atoms with Crippen molar-refractivity contribution in [2.45, 2.75) is 51.6 Å². The lowest BCUT2D eigenvalue weighted by Gasteiger charge is -2.36. The Labute approximate surface area is 168 Å². The summed E-state index contributed by atoms with van der Waals surface area (Å²) < 4.78 is 0. The standard InChI is InChI=1S/C25H30N2O/c1-25(2)17-21-12-11-19(18-27-13-7-4-8-14-27)15-22(21)23(26-25)16-24(28)20-9-5-3-6-10-20/h3,5-6,9-12,15-16,26H,4,7-8,13-14,17-18H2,1-2H3/b23-16-. The van der Waals surface area contributed by atoms with Crippen molar-refractivity contribution in [1.82, 2.24) is 10.2 Å². The van der Waals surface area contributed by atoms with Crippen LogP contribution in [0.4, 0.5) is 0 Å². The summed E-state index contributed by atoms with van der Waals surface area (Å²) in [5.74, 6) is 0.0492. The number of ketones is 1. The van der Waals surface area contributed by atoms with Gasteiger partial charge in [-0.1, -0.05) is 48.9 Å². The van der Waals surface area contributed by atoms with Crippen molar-refractivity contribution in [3.8, 4) is 0 Å². The highest BCUT2D eigenvalue weighted by atomic mass is 16.1. The van der Waals surface area contributed by atoms with Crippen LogP contribution >= 0.6 is 0 Å². The number of piperidine rings is 1. The Morgan fingerprint density at radius 3 is 2.57 bits per heavy atom. The number of likely N-dealkylation sites (tertiary alicyclic amines) is 1. The number of benzene rings is 2. The van der Waals surface area contributed by atoms with Gasteiger partial charge in [0.2, 0.25) is 0 Å². The second-order valence-electron chi connectivity index (χ2n) is 8.80. The van der Waals surface area contributed by atoms with Gasteiger partial charge in [-0.25, -0.2) is 0 Å². The van der Waals surface area contributed by atoms with Gasteiger partial charge in [-0.05, 0) is 63.4 Å². The van der Waals surface area contributed by atoms with Crippen LogP contribution < -0.4 is 5.32 Å². The largest absolute Gasteiger partial charge is 0.379 e. The number of nitrogens with zero attached hydrogens (tertiary/aromatic N) is 1. The van der Waals surface area contributed by atoms with Gasteiger partial charge >= 0.3 is 0 Å². The maximum atomic E-state index is 12.8. The molecule has 1 saturated heterocycles. The van der Waals surface area contributed by atoms with E-state index in [0.29, 0.717) is 0 Å². The molecule has 0 atom stereocenters. The lowest BCUT2D eigenvalue weighted by molar-refractivity contribution is 0.104. The third-order valence-electron chi connectivity index (χ3n) is 5.76. The number of allylic oxidation sites excluding steroid dienone is 1. The van der Waals surface area contributed by atoms with Crippen LogP contribution in [0.1, 0.15) is 60.2 Å². The van der Waals surface area contributed by atoms with Gasteiger partial charge in [0.05, 0.1) is 0 Å². The van der Waals surface area contributed by atoms with Gasteiger partial charge in [-0.3, -0.25) is 9.69 Å². The Morgan fingerprint density at radius 1 is 1.07 bits per heavy atom. The summed E-state index contributed by atoms with van der Waals surface area (Å²) in [6, 6.07) is 16.3. The second kappa shape index (κ2) is 7.92. The first-order valence-electron chi connectivity index (χ1n) is 10.4. The molecule has 3 nitrogen and oxygen atoms in total. The van der Waals surface area contributed by atoms with Crippen LogP contribution in [0.2, 0.25) is 0 Å². The Hall–Kier alpha value is -2.39. The molecule has 0 spiro atoms. The first-order chi connectivity index (χ1) is 13.5. The molecule has 0 bridgehead atoms. The molecule has 2 aliphatic heterocycles. The molecule has 0 aromatic heterocycles. The molecule has 2 aliphatic rings. The SMILES string of the molecule is CC1(C)Cc2ccc(CN3CCCCC3)cc2/C(=C/C(=O)c2ccccc2)N1. The summed E-state index contributed by atoms with van der Waals surface area (Å²) in [5, 5.41) is 3.61. The first-order valence-corrected chi connectivity index (χ1v) is 10.4. The molecule has 1 fully saturated rings. The molecule has 1 N–H and O–H groups in total. The second-order valence-corrected chi connectivity index (χ2v) is 8.80. The van der Waals surface area contributed by atoms with Crippen molar-refractivity contribution in [2.75, 3.05) is 13.1 Å². The average Bonchev–Trinajstić information content (AvgIpc) is 2.69. The van der Waals surface area contributed by atoms with E-state index in [0.717, 1.165) is 24.2 Å². The predicted octanol–water partition coefficient (Wildman–Crippen LogP) is 4.82. The van der Waals surface area contributed by atoms with Crippen molar-refractivity contribution in [3.63, 3.8) is 0 Å². The highest BCUT2D eigenvalue weighted by Gasteiger charge is 2.28. The van der Waals surface area contributed by atoms with E-state index in [2.05, 4.69) is 42.3 Å². The molecule has 28 heavy (non-hydrogen) atoms. The Bertz CT molecular complexity index is 877. The van der Waals surface area contributed by atoms with E-state index in [-0.39, 0.29) is 11.3 Å². The number of rotatable bonds is 4. The first kappa shape index (κ1) is 18.9. The van der Waals surface area contributed by atoms with E-state index in [1.165, 1.54) is 49.0 Å². The van der Waals surface area contributed by atoms with Crippen LogP contribution in [0.3, 0.4) is 0 Å². The number of hydrogen-bond donors (Lipinski definition) is 1. The quantitative estimate of drug-likeness (QED) is 0.615. The average molecular weight is 375 g/mol. The molecular formula is C25H30N2O. The fourth-order valence-corrected chi connectivity index (χ4v) is 4.39. The van der Waals surface area contributed by atoms with Gasteiger partial charge in [0.1, 0.15) is 0 Å². The topological polar surface area (TPSA) is 32.3 Å². The smallest absolute Gasteiger partial charge is 0.187 e. The Morgan fingerprint density at radius 2 is 1.82 bits per heavy atom. The molecule has 2 aromatic rings. The molecule has 0 unspecified atom stereocenters. The normalized spacial score (nSPS) is 20.4. The highest BCUT2D eigenvalue weighted by molar-refractivity contribution is 6.08. The van der Waals surface area contributed by atoms with E-state index < -0.39 is 0 Å². The third kappa shape index (κ3) is 4.36. The van der Waals surface area contributed by atoms with Crippen molar-refractivity contribution >= 4 is 11.5 Å². The zero-order chi connectivity index (χ0) is 19.6. The maximum Gasteiger partial charge on any atom is 0.187 e. The molecule has 0 aliphatic carbocycles. The molecular weight excluding hydrogens is 344 g/mol. The van der Waals surface area contributed by atoms with Gasteiger partial charge < -0.3 is 5.32 Å². The number of carbonyl (C=O) groups excluding carboxylic acids is 1. The van der Waals surface area contributed by atoms with E-state index in [4.69, 9.17) is 0 Å². The summed E-state index contributed by atoms with van der Waals surface area (Å²) in [4.78, 5) is 15.4. The number of nitrogens with one attached hydrogen (secondary N) is 1. The summed E-state index contributed by atoms with van der Waals surface area (Å²) in [6.45, 7) is 7.77. The van der Waals surface area contributed by atoms with Crippen molar-refractivity contribution < 1.29 is 4.79 Å². The van der Waals surface area contributed by atoms with E-state index in [9.17, 15) is 4.79 Å². The van der Waals surface area contributed by atoms with Crippen LogP contribution in [0.15, 0.2) is 54.6 Å². The Kier molecular flexibility index (Phi) is 5.36. The molecule has 3 heteroatoms. The highest BCUT2D eigenvalue weighted by Crippen LogP contribution is 2.31. The molecule has 0 radical (unpaired) electrons. The Balaban J connectivity index is 1.65. The van der Waals surface area contributed by atoms with Gasteiger partial charge in [0.25, 0.3) is 0 Å². The molecule has 2 aromatic carbocycles. The lowest BCUT2D eigenvalue weighted by Crippen LogP contribution is -2.44. The van der Waals surface area contributed by atoms with Crippen LogP contribution in [-0.2, 0) is 13.0 Å². The fourth-order valence-electron chi connectivity index (χ4n) is 4.39. The molecule has 2 heterocycles. The monoisotopic (exact) mass is 374 g/mol. The van der Waals surface area contributed by atoms with E-state index >= 15 is 0 Å². The predicted molar refractivity (Wildman–Crippen MR) is 115 cm³/mol. The van der Waals surface area contributed by atoms with Crippen LogP contribution in [0.5, 0.6) is 0 Å². The van der Waals surface area contributed by atoms with Crippen LogP contribution in [-0.4, -0.2) is 29.3 Å². The van der Waals surface area contributed by atoms with Crippen LogP contribution in [0.25, 0.3) is 5.70 Å². The van der Waals surface area contributed by atoms with Crippen molar-refractivity contribution in [3.05, 3.63) is 76.9 Å². The fraction of sp³-hybridized carbons (Fsp3) is 0.400. The van der Waals surface area contributed by atoms with Gasteiger partial charge in [-0.2, -0.15) is 0 Å². The maximum absolute atomic E-state index is 12.8. The van der Waals surface area contributed by atoms with Gasteiger partial charge in [0.15, 0.2) is 5.78 Å². The number of fused-ring (bicyclic) bond motifs is 1.